The summed E-state index contributed by atoms with van der Waals surface area (Å²) in [6.07, 6.45) is 0.559. The summed E-state index contributed by atoms with van der Waals surface area (Å²) in [5.41, 5.74) is 4.73. The summed E-state index contributed by atoms with van der Waals surface area (Å²) < 4.78 is 34.3. The molecule has 1 aromatic heterocycles. The summed E-state index contributed by atoms with van der Waals surface area (Å²) in [5, 5.41) is 6.56. The molecule has 1 amide bonds. The molecule has 3 aromatic rings. The molecule has 0 atom stereocenters. The Kier molecular flexibility index (Phi) is 6.20. The Hall–Kier alpha value is -1.76. The van der Waals surface area contributed by atoms with Crippen LogP contribution >= 0.6 is 47.2 Å². The van der Waals surface area contributed by atoms with Gasteiger partial charge in [0.25, 0.3) is 5.91 Å². The molecule has 0 unspecified atom stereocenters. The molecule has 2 heterocycles. The fourth-order valence-corrected chi connectivity index (χ4v) is 3.86. The summed E-state index contributed by atoms with van der Waals surface area (Å²) in [4.78, 5) is 13.3. The highest BCUT2D eigenvalue weighted by atomic mass is 35.5. The van der Waals surface area contributed by atoms with Crippen LogP contribution in [0.1, 0.15) is 40.8 Å². The van der Waals surface area contributed by atoms with E-state index in [0.717, 1.165) is 10.6 Å². The van der Waals surface area contributed by atoms with E-state index in [1.165, 1.54) is 4.68 Å². The molecule has 0 saturated carbocycles. The van der Waals surface area contributed by atoms with Crippen molar-refractivity contribution in [1.29, 1.82) is 0 Å². The maximum Gasteiger partial charge on any atom is 0.286 e. The van der Waals surface area contributed by atoms with Gasteiger partial charge in [0.05, 0.1) is 16.4 Å². The van der Waals surface area contributed by atoms with Crippen molar-refractivity contribution in [2.24, 2.45) is 0 Å². The van der Waals surface area contributed by atoms with Crippen LogP contribution in [0.2, 0.25) is 15.1 Å². The Labute approximate surface area is 208 Å². The van der Waals surface area contributed by atoms with Crippen LogP contribution in [0.4, 0.5) is 0 Å². The van der Waals surface area contributed by atoms with Gasteiger partial charge in [-0.25, -0.2) is 9.69 Å². The Bertz CT molecular complexity index is 1230. The Morgan fingerprint density at radius 3 is 2.32 bits per heavy atom. The Balaban J connectivity index is 0.00000342. The van der Waals surface area contributed by atoms with Gasteiger partial charge in [-0.15, -0.1) is 12.4 Å². The SMILES string of the molecule is Cl.[2H]C1([2H])CCCC([2H])([2H])N1NC(=O)c1nn(-c2ccc(Cl)cc2Cl)c(-c2ccc(Cl)cc2)c1C. The van der Waals surface area contributed by atoms with Crippen LogP contribution in [-0.2, 0) is 0 Å². The van der Waals surface area contributed by atoms with Gasteiger partial charge in [0.15, 0.2) is 5.69 Å². The number of benzene rings is 2. The fraction of sp³-hybridized carbons (Fsp3) is 0.273. The Morgan fingerprint density at radius 1 is 1.03 bits per heavy atom. The average molecular weight is 504 g/mol. The first-order valence-electron chi connectivity index (χ1n) is 11.3. The molecule has 0 aliphatic carbocycles. The van der Waals surface area contributed by atoms with Crippen LogP contribution < -0.4 is 5.43 Å². The van der Waals surface area contributed by atoms with Gasteiger partial charge in [0.1, 0.15) is 0 Å². The largest absolute Gasteiger partial charge is 0.286 e. The number of aromatic nitrogens is 2. The molecule has 164 valence electrons. The van der Waals surface area contributed by atoms with Crippen LogP contribution in [0, 0.1) is 6.92 Å². The fourth-order valence-electron chi connectivity index (χ4n) is 3.25. The standard InChI is InChI=1S/C22H21Cl3N4O.ClH/c1-14-20(22(30)27-28-11-3-2-4-12-28)26-29(19-10-9-17(24)13-18(19)25)21(14)15-5-7-16(23)8-6-15;/h5-10,13H,2-4,11-12H2,1H3,(H,27,30);1H/i11D2,12D2;. The molecule has 31 heavy (non-hydrogen) atoms. The lowest BCUT2D eigenvalue weighted by atomic mass is 10.1. The van der Waals surface area contributed by atoms with Crippen LogP contribution in [0.5, 0.6) is 0 Å². The smallest absolute Gasteiger partial charge is 0.283 e. The molecule has 0 radical (unpaired) electrons. The molecular weight excluding hydrogens is 478 g/mol. The number of hydrogen-bond acceptors (Lipinski definition) is 3. The molecule has 0 bridgehead atoms. The number of hydrogen-bond donors (Lipinski definition) is 1. The molecule has 4 rings (SSSR count). The van der Waals surface area contributed by atoms with E-state index in [9.17, 15) is 4.79 Å². The number of rotatable bonds is 4. The highest BCUT2D eigenvalue weighted by molar-refractivity contribution is 6.35. The summed E-state index contributed by atoms with van der Waals surface area (Å²) >= 11 is 18.6. The van der Waals surface area contributed by atoms with E-state index in [1.807, 2.05) is 0 Å². The zero-order valence-electron chi connectivity index (χ0n) is 20.5. The number of piperidine rings is 1. The summed E-state index contributed by atoms with van der Waals surface area (Å²) in [7, 11) is 0. The monoisotopic (exact) mass is 502 g/mol. The van der Waals surface area contributed by atoms with Crippen molar-refractivity contribution in [3.05, 3.63) is 68.8 Å². The lowest BCUT2D eigenvalue weighted by Crippen LogP contribution is -2.45. The van der Waals surface area contributed by atoms with Gasteiger partial charge in [-0.3, -0.25) is 10.2 Å². The number of hydrazine groups is 1. The third-order valence-electron chi connectivity index (χ3n) is 4.70. The third-order valence-corrected chi connectivity index (χ3v) is 5.49. The van der Waals surface area contributed by atoms with E-state index in [1.54, 1.807) is 49.4 Å². The lowest BCUT2D eigenvalue weighted by molar-refractivity contribution is 0.0743. The molecule has 1 saturated heterocycles. The van der Waals surface area contributed by atoms with E-state index in [-0.39, 0.29) is 30.9 Å². The first-order valence-corrected chi connectivity index (χ1v) is 10.5. The van der Waals surface area contributed by atoms with Gasteiger partial charge in [-0.05, 0) is 50.1 Å². The zero-order chi connectivity index (χ0) is 24.8. The predicted octanol–water partition coefficient (Wildman–Crippen LogP) is 6.36. The number of halogens is 4. The molecule has 0 spiro atoms. The molecule has 9 heteroatoms. The van der Waals surface area contributed by atoms with Crippen molar-refractivity contribution in [3.63, 3.8) is 0 Å². The minimum Gasteiger partial charge on any atom is -0.283 e. The minimum atomic E-state index is -2.05. The summed E-state index contributed by atoms with van der Waals surface area (Å²) in [6.45, 7) is -2.38. The number of nitrogens with zero attached hydrogens (tertiary/aromatic N) is 3. The highest BCUT2D eigenvalue weighted by Gasteiger charge is 2.24. The van der Waals surface area contributed by atoms with E-state index in [4.69, 9.17) is 40.3 Å². The number of carbonyl (C=O) groups is 1. The number of carbonyl (C=O) groups excluding carboxylic acids is 1. The van der Waals surface area contributed by atoms with Crippen LogP contribution in [-0.4, -0.2) is 33.7 Å². The van der Waals surface area contributed by atoms with Crippen LogP contribution in [0.15, 0.2) is 42.5 Å². The topological polar surface area (TPSA) is 50.2 Å². The lowest BCUT2D eigenvalue weighted by Gasteiger charge is -2.26. The second-order valence-corrected chi connectivity index (χ2v) is 8.06. The van der Waals surface area contributed by atoms with Gasteiger partial charge < -0.3 is 0 Å². The van der Waals surface area contributed by atoms with Gasteiger partial charge in [-0.1, -0.05) is 53.4 Å². The van der Waals surface area contributed by atoms with E-state index in [0.29, 0.717) is 38.4 Å². The van der Waals surface area contributed by atoms with Gasteiger partial charge in [-0.2, -0.15) is 5.10 Å². The van der Waals surface area contributed by atoms with Gasteiger partial charge >= 0.3 is 0 Å². The highest BCUT2D eigenvalue weighted by Crippen LogP contribution is 2.33. The van der Waals surface area contributed by atoms with Crippen molar-refractivity contribution in [1.82, 2.24) is 20.2 Å². The molecule has 1 N–H and O–H groups in total. The van der Waals surface area contributed by atoms with Crippen molar-refractivity contribution < 1.29 is 10.3 Å². The van der Waals surface area contributed by atoms with Gasteiger partial charge in [0, 0.05) is 39.6 Å². The van der Waals surface area contributed by atoms with Crippen molar-refractivity contribution in [2.75, 3.05) is 13.0 Å². The van der Waals surface area contributed by atoms with Crippen LogP contribution in [0.25, 0.3) is 16.9 Å². The van der Waals surface area contributed by atoms with Crippen molar-refractivity contribution in [2.45, 2.75) is 26.2 Å². The molecule has 1 fully saturated rings. The van der Waals surface area contributed by atoms with E-state index in [2.05, 4.69) is 10.5 Å². The summed E-state index contributed by atoms with van der Waals surface area (Å²) in [6, 6.07) is 11.9. The second kappa shape index (κ2) is 10.2. The second-order valence-electron chi connectivity index (χ2n) is 6.78. The maximum atomic E-state index is 13.3. The molecule has 1 aliphatic heterocycles. The molecular formula is C22H22Cl4N4O. The predicted molar refractivity (Wildman–Crippen MR) is 129 cm³/mol. The molecule has 5 nitrogen and oxygen atoms in total. The maximum absolute atomic E-state index is 13.3. The first-order chi connectivity index (χ1) is 15.9. The number of amides is 1. The average Bonchev–Trinajstić information content (AvgIpc) is 3.08. The zero-order valence-corrected chi connectivity index (χ0v) is 19.5. The van der Waals surface area contributed by atoms with E-state index < -0.39 is 18.9 Å². The van der Waals surface area contributed by atoms with Crippen molar-refractivity contribution >= 4 is 53.1 Å². The van der Waals surface area contributed by atoms with Gasteiger partial charge in [0.2, 0.25) is 0 Å². The van der Waals surface area contributed by atoms with Crippen LogP contribution in [0.3, 0.4) is 0 Å². The molecule has 2 aromatic carbocycles. The minimum absolute atomic E-state index is 0. The quantitative estimate of drug-likeness (QED) is 0.450. The molecule has 1 aliphatic rings. The third kappa shape index (κ3) is 5.18. The first kappa shape index (κ1) is 18.8. The Morgan fingerprint density at radius 2 is 1.68 bits per heavy atom. The number of nitrogens with one attached hydrogen (secondary N) is 1. The normalized spacial score (nSPS) is 19.4. The van der Waals surface area contributed by atoms with Crippen molar-refractivity contribution in [3.8, 4) is 16.9 Å². The van der Waals surface area contributed by atoms with E-state index >= 15 is 0 Å². The summed E-state index contributed by atoms with van der Waals surface area (Å²) in [5.74, 6) is -0.730.